The number of benzene rings is 2. The molecule has 0 aliphatic carbocycles. The first kappa shape index (κ1) is 9.59. The van der Waals surface area contributed by atoms with Crippen molar-refractivity contribution in [3.8, 4) is 0 Å². The highest BCUT2D eigenvalue weighted by molar-refractivity contribution is 5.64. The topological polar surface area (TPSA) is 24.1 Å². The van der Waals surface area contributed by atoms with E-state index in [1.807, 2.05) is 55.6 Å². The van der Waals surface area contributed by atoms with E-state index in [1.165, 1.54) is 0 Å². The lowest BCUT2D eigenvalue weighted by molar-refractivity contribution is 1.49. The van der Waals surface area contributed by atoms with Crippen LogP contribution < -0.4 is 10.6 Å². The Labute approximate surface area is 90.0 Å². The molecule has 0 spiro atoms. The normalized spacial score (nSPS) is 9.67. The van der Waals surface area contributed by atoms with Crippen molar-refractivity contribution in [3.63, 3.8) is 0 Å². The van der Waals surface area contributed by atoms with Crippen LogP contribution in [0.15, 0.2) is 54.6 Å². The lowest BCUT2D eigenvalue weighted by Gasteiger charge is -2.07. The van der Waals surface area contributed by atoms with Crippen LogP contribution in [0.2, 0.25) is 0 Å². The minimum Gasteiger partial charge on any atom is -0.388 e. The predicted octanol–water partition coefficient (Wildman–Crippen LogP) is 3.47. The van der Waals surface area contributed by atoms with Gasteiger partial charge in [-0.2, -0.15) is 0 Å². The van der Waals surface area contributed by atoms with E-state index < -0.39 is 0 Å². The van der Waals surface area contributed by atoms with Crippen molar-refractivity contribution in [1.29, 1.82) is 0 Å². The zero-order valence-electron chi connectivity index (χ0n) is 8.70. The van der Waals surface area contributed by atoms with Crippen molar-refractivity contribution in [1.82, 2.24) is 0 Å². The zero-order chi connectivity index (χ0) is 10.5. The molecule has 0 amide bonds. The van der Waals surface area contributed by atoms with E-state index in [2.05, 4.69) is 16.7 Å². The highest BCUT2D eigenvalue weighted by Crippen LogP contribution is 2.19. The first-order chi connectivity index (χ1) is 7.38. The van der Waals surface area contributed by atoms with Crippen molar-refractivity contribution < 1.29 is 0 Å². The van der Waals surface area contributed by atoms with E-state index in [1.54, 1.807) is 0 Å². The standard InChI is InChI=1S/C13H14N2/c1-14-12-8-5-9-13(10-12)15-11-6-3-2-4-7-11/h2-10,14-15H,1H3. The summed E-state index contributed by atoms with van der Waals surface area (Å²) in [6, 6.07) is 18.3. The van der Waals surface area contributed by atoms with Crippen LogP contribution in [-0.4, -0.2) is 7.05 Å². The Kier molecular flexibility index (Phi) is 2.88. The van der Waals surface area contributed by atoms with E-state index in [0.717, 1.165) is 17.1 Å². The summed E-state index contributed by atoms with van der Waals surface area (Å²) in [7, 11) is 1.92. The molecule has 0 heterocycles. The van der Waals surface area contributed by atoms with Gasteiger partial charge >= 0.3 is 0 Å². The van der Waals surface area contributed by atoms with Crippen LogP contribution in [0.25, 0.3) is 0 Å². The van der Waals surface area contributed by atoms with Crippen molar-refractivity contribution in [2.45, 2.75) is 0 Å². The Morgan fingerprint density at radius 3 is 2.13 bits per heavy atom. The van der Waals surface area contributed by atoms with Gasteiger partial charge in [0.1, 0.15) is 0 Å². The lowest BCUT2D eigenvalue weighted by atomic mass is 10.2. The largest absolute Gasteiger partial charge is 0.388 e. The maximum absolute atomic E-state index is 3.34. The molecule has 15 heavy (non-hydrogen) atoms. The summed E-state index contributed by atoms with van der Waals surface area (Å²) in [4.78, 5) is 0. The second-order valence-corrected chi connectivity index (χ2v) is 3.32. The third-order valence-electron chi connectivity index (χ3n) is 2.21. The second-order valence-electron chi connectivity index (χ2n) is 3.32. The molecule has 0 aliphatic heterocycles. The van der Waals surface area contributed by atoms with Crippen LogP contribution in [-0.2, 0) is 0 Å². The van der Waals surface area contributed by atoms with Crippen LogP contribution in [0.1, 0.15) is 0 Å². The molecular formula is C13H14N2. The number of para-hydroxylation sites is 1. The monoisotopic (exact) mass is 198 g/mol. The van der Waals surface area contributed by atoms with Gasteiger partial charge in [-0.1, -0.05) is 24.3 Å². The molecule has 0 fully saturated rings. The summed E-state index contributed by atoms with van der Waals surface area (Å²) in [5.41, 5.74) is 3.30. The molecule has 2 nitrogen and oxygen atoms in total. The highest BCUT2D eigenvalue weighted by Gasteiger charge is 1.94. The Morgan fingerprint density at radius 1 is 0.733 bits per heavy atom. The van der Waals surface area contributed by atoms with Gasteiger partial charge in [0.2, 0.25) is 0 Å². The quantitative estimate of drug-likeness (QED) is 0.789. The number of rotatable bonds is 3. The van der Waals surface area contributed by atoms with Gasteiger partial charge in [0.25, 0.3) is 0 Å². The fourth-order valence-electron chi connectivity index (χ4n) is 1.44. The average molecular weight is 198 g/mol. The van der Waals surface area contributed by atoms with E-state index >= 15 is 0 Å². The first-order valence-corrected chi connectivity index (χ1v) is 4.98. The molecule has 2 heteroatoms. The molecular weight excluding hydrogens is 184 g/mol. The summed E-state index contributed by atoms with van der Waals surface area (Å²) in [5, 5.41) is 6.45. The Morgan fingerprint density at radius 2 is 1.40 bits per heavy atom. The molecule has 2 N–H and O–H groups in total. The third kappa shape index (κ3) is 2.50. The van der Waals surface area contributed by atoms with Crippen LogP contribution in [0, 0.1) is 0 Å². The number of hydrogen-bond acceptors (Lipinski definition) is 2. The van der Waals surface area contributed by atoms with E-state index in [9.17, 15) is 0 Å². The van der Waals surface area contributed by atoms with Gasteiger partial charge in [-0.25, -0.2) is 0 Å². The summed E-state index contributed by atoms with van der Waals surface area (Å²) in [5.74, 6) is 0. The number of nitrogens with one attached hydrogen (secondary N) is 2. The summed E-state index contributed by atoms with van der Waals surface area (Å²) in [6.07, 6.45) is 0. The molecule has 0 radical (unpaired) electrons. The van der Waals surface area contributed by atoms with Gasteiger partial charge in [0, 0.05) is 24.1 Å². The van der Waals surface area contributed by atoms with Crippen molar-refractivity contribution in [2.24, 2.45) is 0 Å². The smallest absolute Gasteiger partial charge is 0.0404 e. The summed E-state index contributed by atoms with van der Waals surface area (Å²) in [6.45, 7) is 0. The van der Waals surface area contributed by atoms with Gasteiger partial charge in [0.15, 0.2) is 0 Å². The van der Waals surface area contributed by atoms with E-state index in [4.69, 9.17) is 0 Å². The van der Waals surface area contributed by atoms with Gasteiger partial charge in [-0.05, 0) is 30.3 Å². The Bertz CT molecular complexity index is 424. The third-order valence-corrected chi connectivity index (χ3v) is 2.21. The molecule has 0 aliphatic rings. The van der Waals surface area contributed by atoms with Crippen molar-refractivity contribution >= 4 is 17.1 Å². The van der Waals surface area contributed by atoms with Gasteiger partial charge < -0.3 is 10.6 Å². The maximum atomic E-state index is 3.34. The van der Waals surface area contributed by atoms with Crippen molar-refractivity contribution in [3.05, 3.63) is 54.6 Å². The predicted molar refractivity (Wildman–Crippen MR) is 65.7 cm³/mol. The Hall–Kier alpha value is -1.96. The SMILES string of the molecule is CNc1cccc(Nc2ccccc2)c1. The molecule has 76 valence electrons. The summed E-state index contributed by atoms with van der Waals surface area (Å²) < 4.78 is 0. The molecule has 0 aromatic heterocycles. The minimum atomic E-state index is 1.09. The number of anilines is 3. The maximum Gasteiger partial charge on any atom is 0.0404 e. The van der Waals surface area contributed by atoms with Gasteiger partial charge in [0.05, 0.1) is 0 Å². The molecule has 0 saturated heterocycles. The lowest BCUT2D eigenvalue weighted by Crippen LogP contribution is -1.92. The summed E-state index contributed by atoms with van der Waals surface area (Å²) >= 11 is 0. The van der Waals surface area contributed by atoms with Crippen molar-refractivity contribution in [2.75, 3.05) is 17.7 Å². The minimum absolute atomic E-state index is 1.09. The molecule has 0 saturated carbocycles. The molecule has 0 atom stereocenters. The van der Waals surface area contributed by atoms with Gasteiger partial charge in [-0.3, -0.25) is 0 Å². The molecule has 2 aromatic carbocycles. The first-order valence-electron chi connectivity index (χ1n) is 4.98. The number of hydrogen-bond donors (Lipinski definition) is 2. The van der Waals surface area contributed by atoms with E-state index in [-0.39, 0.29) is 0 Å². The molecule has 2 rings (SSSR count). The Balaban J connectivity index is 2.17. The van der Waals surface area contributed by atoms with Crippen LogP contribution in [0.3, 0.4) is 0 Å². The molecule has 0 unspecified atom stereocenters. The zero-order valence-corrected chi connectivity index (χ0v) is 8.70. The fraction of sp³-hybridized carbons (Fsp3) is 0.0769. The van der Waals surface area contributed by atoms with Crippen LogP contribution in [0.4, 0.5) is 17.1 Å². The second kappa shape index (κ2) is 4.51. The van der Waals surface area contributed by atoms with E-state index in [0.29, 0.717) is 0 Å². The molecule has 0 bridgehead atoms. The average Bonchev–Trinajstić information content (AvgIpc) is 2.31. The van der Waals surface area contributed by atoms with Gasteiger partial charge in [-0.15, -0.1) is 0 Å². The fourth-order valence-corrected chi connectivity index (χ4v) is 1.44. The van der Waals surface area contributed by atoms with Crippen LogP contribution >= 0.6 is 0 Å². The molecule has 2 aromatic rings. The van der Waals surface area contributed by atoms with Crippen LogP contribution in [0.5, 0.6) is 0 Å². The highest BCUT2D eigenvalue weighted by atomic mass is 14.9.